The van der Waals surface area contributed by atoms with Crippen LogP contribution < -0.4 is 0 Å². The molecule has 0 aromatic rings. The van der Waals surface area contributed by atoms with Crippen LogP contribution in [0.25, 0.3) is 0 Å². The van der Waals surface area contributed by atoms with E-state index in [-0.39, 0.29) is 17.5 Å². The van der Waals surface area contributed by atoms with Gasteiger partial charge in [0, 0.05) is 5.41 Å². The molecule has 64 valence electrons. The number of hydrogen-bond acceptors (Lipinski definition) is 2. The minimum Gasteiger partial charge on any atom is -0.458 e. The van der Waals surface area contributed by atoms with Crippen molar-refractivity contribution >= 4 is 17.6 Å². The second kappa shape index (κ2) is 2.13. The van der Waals surface area contributed by atoms with Crippen LogP contribution in [-0.2, 0) is 9.53 Å². The highest BCUT2D eigenvalue weighted by Crippen LogP contribution is 2.43. The molecule has 0 radical (unpaired) electrons. The van der Waals surface area contributed by atoms with Crippen molar-refractivity contribution in [2.24, 2.45) is 5.41 Å². The Kier molecular flexibility index (Phi) is 1.71. The van der Waals surface area contributed by atoms with Gasteiger partial charge in [-0.15, -0.1) is 11.6 Å². The van der Waals surface area contributed by atoms with Crippen LogP contribution in [0, 0.1) is 5.41 Å². The minimum absolute atomic E-state index is 0.0651. The third-order valence-corrected chi connectivity index (χ3v) is 2.26. The highest BCUT2D eigenvalue weighted by Gasteiger charge is 2.58. The number of rotatable bonds is 0. The van der Waals surface area contributed by atoms with E-state index in [1.165, 1.54) is 0 Å². The molecule has 1 rings (SSSR count). The standard InChI is InChI=1S/C8H13ClO2/c1-7(2,3)5-8(4,9)6(10)11-5/h5H,1-4H3/t5-,8-/m0/s1. The highest BCUT2D eigenvalue weighted by molar-refractivity contribution is 6.36. The van der Waals surface area contributed by atoms with Crippen LogP contribution in [0.1, 0.15) is 27.7 Å². The Labute approximate surface area is 71.9 Å². The smallest absolute Gasteiger partial charge is 0.331 e. The van der Waals surface area contributed by atoms with Crippen LogP contribution in [0.4, 0.5) is 0 Å². The lowest BCUT2D eigenvalue weighted by molar-refractivity contribution is -0.190. The van der Waals surface area contributed by atoms with Gasteiger partial charge in [0.05, 0.1) is 0 Å². The van der Waals surface area contributed by atoms with Gasteiger partial charge in [-0.25, -0.2) is 4.79 Å². The molecule has 1 aliphatic heterocycles. The van der Waals surface area contributed by atoms with Gasteiger partial charge < -0.3 is 4.74 Å². The van der Waals surface area contributed by atoms with Gasteiger partial charge in [-0.05, 0) is 6.92 Å². The monoisotopic (exact) mass is 176 g/mol. The van der Waals surface area contributed by atoms with Crippen molar-refractivity contribution in [3.8, 4) is 0 Å². The van der Waals surface area contributed by atoms with Gasteiger partial charge >= 0.3 is 5.97 Å². The lowest BCUT2D eigenvalue weighted by Crippen LogP contribution is -2.62. The molecule has 11 heavy (non-hydrogen) atoms. The van der Waals surface area contributed by atoms with Crippen molar-refractivity contribution < 1.29 is 9.53 Å². The first-order valence-electron chi connectivity index (χ1n) is 3.66. The van der Waals surface area contributed by atoms with Crippen molar-refractivity contribution in [2.75, 3.05) is 0 Å². The predicted octanol–water partition coefficient (Wildman–Crippen LogP) is 1.96. The molecular weight excluding hydrogens is 164 g/mol. The summed E-state index contributed by atoms with van der Waals surface area (Å²) in [7, 11) is 0. The number of esters is 1. The zero-order valence-electron chi connectivity index (χ0n) is 7.27. The fraction of sp³-hybridized carbons (Fsp3) is 0.875. The van der Waals surface area contributed by atoms with Crippen LogP contribution in [0.2, 0.25) is 0 Å². The van der Waals surface area contributed by atoms with Crippen molar-refractivity contribution in [3.63, 3.8) is 0 Å². The summed E-state index contributed by atoms with van der Waals surface area (Å²) >= 11 is 5.93. The Bertz CT molecular complexity index is 191. The molecule has 0 unspecified atom stereocenters. The first-order valence-corrected chi connectivity index (χ1v) is 4.04. The lowest BCUT2D eigenvalue weighted by atomic mass is 9.78. The molecule has 2 atom stereocenters. The second-order valence-corrected chi connectivity index (χ2v) is 5.01. The molecule has 0 N–H and O–H groups in total. The molecule has 0 aliphatic carbocycles. The van der Waals surface area contributed by atoms with E-state index in [2.05, 4.69) is 0 Å². The number of halogens is 1. The largest absolute Gasteiger partial charge is 0.458 e. The SMILES string of the molecule is CC(C)(C)[C@@H]1OC(=O)[C@@]1(C)Cl. The molecule has 3 heteroatoms. The van der Waals surface area contributed by atoms with Gasteiger partial charge in [-0.1, -0.05) is 20.8 Å². The van der Waals surface area contributed by atoms with E-state index >= 15 is 0 Å². The summed E-state index contributed by atoms with van der Waals surface area (Å²) in [5.74, 6) is -0.306. The molecule has 1 heterocycles. The van der Waals surface area contributed by atoms with Gasteiger partial charge in [0.1, 0.15) is 6.10 Å². The summed E-state index contributed by atoms with van der Waals surface area (Å²) in [5.41, 5.74) is -0.0651. The van der Waals surface area contributed by atoms with Crippen LogP contribution in [-0.4, -0.2) is 16.9 Å². The van der Waals surface area contributed by atoms with E-state index in [0.29, 0.717) is 0 Å². The topological polar surface area (TPSA) is 26.3 Å². The Morgan fingerprint density at radius 1 is 1.55 bits per heavy atom. The summed E-state index contributed by atoms with van der Waals surface area (Å²) in [6.07, 6.45) is -0.163. The maximum atomic E-state index is 10.9. The molecule has 1 aliphatic rings. The number of carbonyl (C=O) groups is 1. The van der Waals surface area contributed by atoms with E-state index in [1.54, 1.807) is 6.92 Å². The maximum absolute atomic E-state index is 10.9. The number of ether oxygens (including phenoxy) is 1. The first-order chi connectivity index (χ1) is 4.76. The van der Waals surface area contributed by atoms with Crippen LogP contribution in [0.15, 0.2) is 0 Å². The Morgan fingerprint density at radius 2 is 2.00 bits per heavy atom. The summed E-state index contributed by atoms with van der Waals surface area (Å²) in [6.45, 7) is 7.72. The van der Waals surface area contributed by atoms with E-state index in [0.717, 1.165) is 0 Å². The Hall–Kier alpha value is -0.240. The normalized spacial score (nSPS) is 37.9. The van der Waals surface area contributed by atoms with Crippen molar-refractivity contribution in [1.29, 1.82) is 0 Å². The van der Waals surface area contributed by atoms with E-state index in [9.17, 15) is 4.79 Å². The molecule has 1 saturated heterocycles. The summed E-state index contributed by atoms with van der Waals surface area (Å²) in [4.78, 5) is 10.0. The van der Waals surface area contributed by atoms with E-state index < -0.39 is 4.87 Å². The minimum atomic E-state index is -0.807. The average Bonchev–Trinajstić information content (AvgIpc) is 1.80. The molecule has 0 spiro atoms. The molecule has 0 saturated carbocycles. The van der Waals surface area contributed by atoms with Gasteiger partial charge in [-0.3, -0.25) is 0 Å². The Morgan fingerprint density at radius 3 is 2.09 bits per heavy atom. The fourth-order valence-electron chi connectivity index (χ4n) is 1.37. The van der Waals surface area contributed by atoms with Crippen molar-refractivity contribution in [3.05, 3.63) is 0 Å². The van der Waals surface area contributed by atoms with Gasteiger partial charge in [0.15, 0.2) is 4.87 Å². The number of alkyl halides is 1. The van der Waals surface area contributed by atoms with E-state index in [1.807, 2.05) is 20.8 Å². The lowest BCUT2D eigenvalue weighted by Gasteiger charge is -2.46. The summed E-state index contributed by atoms with van der Waals surface area (Å²) < 4.78 is 4.95. The third kappa shape index (κ3) is 1.24. The van der Waals surface area contributed by atoms with Crippen LogP contribution >= 0.6 is 11.6 Å². The average molecular weight is 177 g/mol. The molecule has 0 aromatic carbocycles. The number of hydrogen-bond donors (Lipinski definition) is 0. The summed E-state index contributed by atoms with van der Waals surface area (Å²) in [5, 5.41) is 0. The second-order valence-electron chi connectivity index (χ2n) is 4.23. The zero-order valence-corrected chi connectivity index (χ0v) is 8.03. The molecule has 0 amide bonds. The molecule has 2 nitrogen and oxygen atoms in total. The molecule has 1 fully saturated rings. The number of carbonyl (C=O) groups excluding carboxylic acids is 1. The molecule has 0 bridgehead atoms. The number of cyclic esters (lactones) is 1. The zero-order chi connectivity index (χ0) is 8.86. The quantitative estimate of drug-likeness (QED) is 0.417. The predicted molar refractivity (Wildman–Crippen MR) is 43.6 cm³/mol. The van der Waals surface area contributed by atoms with Gasteiger partial charge in [0.25, 0.3) is 0 Å². The highest BCUT2D eigenvalue weighted by atomic mass is 35.5. The third-order valence-electron chi connectivity index (χ3n) is 1.90. The summed E-state index contributed by atoms with van der Waals surface area (Å²) in [6, 6.07) is 0. The maximum Gasteiger partial charge on any atom is 0.331 e. The fourth-order valence-corrected chi connectivity index (χ4v) is 1.79. The van der Waals surface area contributed by atoms with Crippen LogP contribution in [0.3, 0.4) is 0 Å². The Balaban J connectivity index is 2.75. The van der Waals surface area contributed by atoms with Crippen molar-refractivity contribution in [2.45, 2.75) is 38.7 Å². The molecule has 0 aromatic heterocycles. The van der Waals surface area contributed by atoms with Crippen molar-refractivity contribution in [1.82, 2.24) is 0 Å². The molecular formula is C8H13ClO2. The van der Waals surface area contributed by atoms with Gasteiger partial charge in [-0.2, -0.15) is 0 Å². The first kappa shape index (κ1) is 8.85. The van der Waals surface area contributed by atoms with Crippen LogP contribution in [0.5, 0.6) is 0 Å². The van der Waals surface area contributed by atoms with E-state index in [4.69, 9.17) is 16.3 Å². The van der Waals surface area contributed by atoms with Gasteiger partial charge in [0.2, 0.25) is 0 Å².